The van der Waals surface area contributed by atoms with Crippen molar-refractivity contribution in [2.24, 2.45) is 0 Å². The van der Waals surface area contributed by atoms with E-state index in [4.69, 9.17) is 25.6 Å². The maximum Gasteiger partial charge on any atom is 0.494 e. The third-order valence-electron chi connectivity index (χ3n) is 5.40. The van der Waals surface area contributed by atoms with Crippen molar-refractivity contribution in [3.05, 3.63) is 52.8 Å². The molecule has 0 radical (unpaired) electrons. The minimum Gasteiger partial charge on any atom is -0.487 e. The van der Waals surface area contributed by atoms with E-state index in [-0.39, 0.29) is 23.1 Å². The lowest BCUT2D eigenvalue weighted by Gasteiger charge is -2.32. The fourth-order valence-corrected chi connectivity index (χ4v) is 3.54. The molecule has 0 amide bonds. The van der Waals surface area contributed by atoms with Gasteiger partial charge in [-0.05, 0) is 63.0 Å². The standard InChI is InChI=1S/C20H22BClF3NO5S/c1-19(2)20(3,4)31-21(30-19)13-6-8-16(26-32(27,28)18(24)25)17(10-13)29-11-12-5-7-14(22)15(23)9-12/h5-10,18,26H,11H2,1-4H3. The van der Waals surface area contributed by atoms with E-state index in [2.05, 4.69) is 0 Å². The second kappa shape index (κ2) is 8.77. The van der Waals surface area contributed by atoms with Gasteiger partial charge >= 0.3 is 12.9 Å². The summed E-state index contributed by atoms with van der Waals surface area (Å²) in [6.45, 7) is 7.29. The molecule has 0 aromatic heterocycles. The van der Waals surface area contributed by atoms with Crippen molar-refractivity contribution in [3.8, 4) is 5.75 Å². The van der Waals surface area contributed by atoms with Crippen molar-refractivity contribution in [2.45, 2.75) is 51.3 Å². The van der Waals surface area contributed by atoms with Gasteiger partial charge in [0.05, 0.1) is 21.9 Å². The first-order valence-electron chi connectivity index (χ1n) is 9.58. The molecule has 1 aliphatic rings. The SMILES string of the molecule is CC1(C)OB(c2ccc(NS(=O)(=O)C(F)F)c(OCc3ccc(Cl)c(F)c3)c2)OC1(C)C. The van der Waals surface area contributed by atoms with E-state index >= 15 is 0 Å². The Morgan fingerprint density at radius 3 is 2.28 bits per heavy atom. The molecular formula is C20H22BClF3NO5S. The Labute approximate surface area is 190 Å². The number of alkyl halides is 2. The second-order valence-electron chi connectivity index (χ2n) is 8.29. The summed E-state index contributed by atoms with van der Waals surface area (Å²) in [5.41, 5.74) is -0.582. The summed E-state index contributed by atoms with van der Waals surface area (Å²) in [7, 11) is -5.74. The van der Waals surface area contributed by atoms with Crippen LogP contribution in [0.5, 0.6) is 5.75 Å². The Hall–Kier alpha value is -1.95. The molecule has 32 heavy (non-hydrogen) atoms. The summed E-state index contributed by atoms with van der Waals surface area (Å²) in [5.74, 6) is -4.35. The van der Waals surface area contributed by atoms with Gasteiger partial charge in [-0.15, -0.1) is 0 Å². The number of rotatable bonds is 7. The second-order valence-corrected chi connectivity index (χ2v) is 10.3. The number of nitrogens with one attached hydrogen (secondary N) is 1. The molecule has 0 saturated carbocycles. The zero-order valence-electron chi connectivity index (χ0n) is 17.8. The maximum atomic E-state index is 13.7. The van der Waals surface area contributed by atoms with Crippen LogP contribution in [0.1, 0.15) is 33.3 Å². The van der Waals surface area contributed by atoms with Crippen molar-refractivity contribution in [1.82, 2.24) is 0 Å². The largest absolute Gasteiger partial charge is 0.494 e. The summed E-state index contributed by atoms with van der Waals surface area (Å²) in [4.78, 5) is 0. The highest BCUT2D eigenvalue weighted by molar-refractivity contribution is 7.93. The number of hydrogen-bond donors (Lipinski definition) is 1. The van der Waals surface area contributed by atoms with Gasteiger partial charge in [0.1, 0.15) is 18.2 Å². The molecular weight excluding hydrogens is 470 g/mol. The van der Waals surface area contributed by atoms with Crippen molar-refractivity contribution < 1.29 is 35.6 Å². The van der Waals surface area contributed by atoms with E-state index < -0.39 is 39.9 Å². The maximum absolute atomic E-state index is 13.7. The molecule has 3 rings (SSSR count). The zero-order chi connectivity index (χ0) is 23.9. The van der Waals surface area contributed by atoms with Crippen LogP contribution in [0.15, 0.2) is 36.4 Å². The number of sulfonamides is 1. The molecule has 0 spiro atoms. The van der Waals surface area contributed by atoms with Gasteiger partial charge in [-0.1, -0.05) is 23.7 Å². The summed E-state index contributed by atoms with van der Waals surface area (Å²) in [6.07, 6.45) is 0. The third-order valence-corrected chi connectivity index (χ3v) is 6.68. The Bertz CT molecular complexity index is 1100. The van der Waals surface area contributed by atoms with E-state index in [0.717, 1.165) is 6.07 Å². The van der Waals surface area contributed by atoms with Crippen LogP contribution < -0.4 is 14.9 Å². The highest BCUT2D eigenvalue weighted by Gasteiger charge is 2.51. The van der Waals surface area contributed by atoms with E-state index in [1.54, 1.807) is 0 Å². The quantitative estimate of drug-likeness (QED) is 0.584. The molecule has 0 unspecified atom stereocenters. The summed E-state index contributed by atoms with van der Waals surface area (Å²) in [6, 6.07) is 8.21. The van der Waals surface area contributed by atoms with Gasteiger partial charge < -0.3 is 14.0 Å². The fourth-order valence-electron chi connectivity index (χ4n) is 2.86. The molecule has 174 valence electrons. The first-order valence-corrected chi connectivity index (χ1v) is 11.5. The van der Waals surface area contributed by atoms with Crippen LogP contribution in [0.4, 0.5) is 18.9 Å². The number of ether oxygens (including phenoxy) is 1. The predicted octanol–water partition coefficient (Wildman–Crippen LogP) is 4.32. The van der Waals surface area contributed by atoms with Gasteiger partial charge in [-0.25, -0.2) is 12.8 Å². The molecule has 0 aliphatic carbocycles. The third kappa shape index (κ3) is 5.16. The summed E-state index contributed by atoms with van der Waals surface area (Å²) in [5, 5.41) is -0.0677. The van der Waals surface area contributed by atoms with Crippen LogP contribution >= 0.6 is 11.6 Å². The summed E-state index contributed by atoms with van der Waals surface area (Å²) >= 11 is 5.67. The Balaban J connectivity index is 1.93. The Kier molecular flexibility index (Phi) is 6.77. The lowest BCUT2D eigenvalue weighted by molar-refractivity contribution is 0.00578. The summed E-state index contributed by atoms with van der Waals surface area (Å²) < 4.78 is 82.3. The highest BCUT2D eigenvalue weighted by Crippen LogP contribution is 2.37. The molecule has 1 saturated heterocycles. The Morgan fingerprint density at radius 2 is 1.72 bits per heavy atom. The van der Waals surface area contributed by atoms with Gasteiger partial charge in [0, 0.05) is 0 Å². The first-order chi connectivity index (χ1) is 14.7. The molecule has 0 atom stereocenters. The molecule has 0 bridgehead atoms. The minimum absolute atomic E-state index is 0.0585. The van der Waals surface area contributed by atoms with Crippen molar-refractivity contribution >= 4 is 39.9 Å². The smallest absolute Gasteiger partial charge is 0.487 e. The average molecular weight is 492 g/mol. The minimum atomic E-state index is -4.94. The lowest BCUT2D eigenvalue weighted by atomic mass is 9.79. The van der Waals surface area contributed by atoms with Gasteiger partial charge in [0.15, 0.2) is 0 Å². The van der Waals surface area contributed by atoms with Crippen LogP contribution in [0, 0.1) is 5.82 Å². The number of hydrogen-bond acceptors (Lipinski definition) is 5. The van der Waals surface area contributed by atoms with Crippen LogP contribution in [0.25, 0.3) is 0 Å². The van der Waals surface area contributed by atoms with Crippen LogP contribution in [-0.4, -0.2) is 32.5 Å². The van der Waals surface area contributed by atoms with E-state index in [1.165, 1.54) is 30.3 Å². The topological polar surface area (TPSA) is 73.9 Å². The normalized spacial score (nSPS) is 17.6. The molecule has 1 heterocycles. The van der Waals surface area contributed by atoms with Gasteiger partial charge in [0.25, 0.3) is 10.0 Å². The molecule has 2 aromatic carbocycles. The molecule has 12 heteroatoms. The average Bonchev–Trinajstić information content (AvgIpc) is 2.90. The molecule has 1 N–H and O–H groups in total. The van der Waals surface area contributed by atoms with E-state index in [1.807, 2.05) is 32.4 Å². The van der Waals surface area contributed by atoms with Gasteiger partial charge in [0.2, 0.25) is 0 Å². The predicted molar refractivity (Wildman–Crippen MR) is 116 cm³/mol. The van der Waals surface area contributed by atoms with Crippen molar-refractivity contribution in [1.29, 1.82) is 0 Å². The van der Waals surface area contributed by atoms with Gasteiger partial charge in [-0.3, -0.25) is 4.72 Å². The van der Waals surface area contributed by atoms with Gasteiger partial charge in [-0.2, -0.15) is 8.78 Å². The van der Waals surface area contributed by atoms with Crippen LogP contribution in [0.3, 0.4) is 0 Å². The number of anilines is 1. The molecule has 1 fully saturated rings. The number of halogens is 4. The van der Waals surface area contributed by atoms with Crippen molar-refractivity contribution in [3.63, 3.8) is 0 Å². The van der Waals surface area contributed by atoms with E-state index in [0.29, 0.717) is 11.0 Å². The van der Waals surface area contributed by atoms with Crippen LogP contribution in [0.2, 0.25) is 5.02 Å². The zero-order valence-corrected chi connectivity index (χ0v) is 19.4. The van der Waals surface area contributed by atoms with E-state index in [9.17, 15) is 21.6 Å². The molecule has 1 aliphatic heterocycles. The number of benzene rings is 2. The lowest BCUT2D eigenvalue weighted by Crippen LogP contribution is -2.41. The van der Waals surface area contributed by atoms with Crippen molar-refractivity contribution in [2.75, 3.05) is 4.72 Å². The monoisotopic (exact) mass is 491 g/mol. The molecule has 6 nitrogen and oxygen atoms in total. The highest BCUT2D eigenvalue weighted by atomic mass is 35.5. The first kappa shape index (κ1) is 24.7. The fraction of sp³-hybridized carbons (Fsp3) is 0.400. The van der Waals surface area contributed by atoms with Crippen LogP contribution in [-0.2, 0) is 25.9 Å². The Morgan fingerprint density at radius 1 is 1.09 bits per heavy atom. The molecule has 2 aromatic rings.